The SMILES string of the molecule is Cc1nc(Oc2cc(N)ccc2Br)ccc1Br. The van der Waals surface area contributed by atoms with E-state index in [-0.39, 0.29) is 0 Å². The van der Waals surface area contributed by atoms with Gasteiger partial charge in [0.05, 0.1) is 10.2 Å². The Morgan fingerprint density at radius 1 is 1.12 bits per heavy atom. The van der Waals surface area contributed by atoms with E-state index in [4.69, 9.17) is 10.5 Å². The van der Waals surface area contributed by atoms with E-state index in [0.717, 1.165) is 14.6 Å². The molecule has 0 aliphatic heterocycles. The predicted molar refractivity (Wildman–Crippen MR) is 75.3 cm³/mol. The van der Waals surface area contributed by atoms with Crippen LogP contribution in [0.3, 0.4) is 0 Å². The minimum Gasteiger partial charge on any atom is -0.438 e. The maximum Gasteiger partial charge on any atom is 0.219 e. The number of nitrogen functional groups attached to an aromatic ring is 1. The van der Waals surface area contributed by atoms with Crippen LogP contribution in [-0.4, -0.2) is 4.98 Å². The molecule has 2 N–H and O–H groups in total. The summed E-state index contributed by atoms with van der Waals surface area (Å²) in [5.41, 5.74) is 7.23. The van der Waals surface area contributed by atoms with Gasteiger partial charge >= 0.3 is 0 Å². The smallest absolute Gasteiger partial charge is 0.219 e. The van der Waals surface area contributed by atoms with Gasteiger partial charge in [-0.25, -0.2) is 4.98 Å². The third-order valence-corrected chi connectivity index (χ3v) is 3.66. The van der Waals surface area contributed by atoms with Crippen LogP contribution >= 0.6 is 31.9 Å². The zero-order chi connectivity index (χ0) is 12.4. The molecule has 3 nitrogen and oxygen atoms in total. The summed E-state index contributed by atoms with van der Waals surface area (Å²) >= 11 is 6.80. The van der Waals surface area contributed by atoms with E-state index in [0.29, 0.717) is 17.3 Å². The number of nitrogens with zero attached hydrogens (tertiary/aromatic N) is 1. The zero-order valence-electron chi connectivity index (χ0n) is 9.08. The van der Waals surface area contributed by atoms with Crippen LogP contribution < -0.4 is 10.5 Å². The van der Waals surface area contributed by atoms with Gasteiger partial charge in [-0.15, -0.1) is 0 Å². The minimum absolute atomic E-state index is 0.539. The van der Waals surface area contributed by atoms with Gasteiger partial charge in [-0.1, -0.05) is 0 Å². The summed E-state index contributed by atoms with van der Waals surface area (Å²) in [5, 5.41) is 0. The van der Waals surface area contributed by atoms with Crippen molar-refractivity contribution in [1.82, 2.24) is 4.98 Å². The summed E-state index contributed by atoms with van der Waals surface area (Å²) in [4.78, 5) is 4.31. The molecule has 0 radical (unpaired) electrons. The molecule has 1 aromatic heterocycles. The number of pyridine rings is 1. The molecule has 0 spiro atoms. The van der Waals surface area contributed by atoms with Gasteiger partial charge in [-0.05, 0) is 57.0 Å². The van der Waals surface area contributed by atoms with E-state index in [9.17, 15) is 0 Å². The Labute approximate surface area is 116 Å². The second kappa shape index (κ2) is 5.06. The molecule has 2 rings (SSSR count). The van der Waals surface area contributed by atoms with Crippen molar-refractivity contribution in [3.05, 3.63) is 45.0 Å². The number of halogens is 2. The number of rotatable bonds is 2. The fourth-order valence-electron chi connectivity index (χ4n) is 1.29. The minimum atomic E-state index is 0.539. The van der Waals surface area contributed by atoms with Gasteiger partial charge in [0.25, 0.3) is 0 Å². The third kappa shape index (κ3) is 2.98. The molecule has 0 aliphatic carbocycles. The molecule has 0 amide bonds. The second-order valence-electron chi connectivity index (χ2n) is 3.51. The molecule has 0 aliphatic rings. The second-order valence-corrected chi connectivity index (χ2v) is 5.22. The molecule has 2 aromatic rings. The molecular formula is C12H10Br2N2O. The average Bonchev–Trinajstić information content (AvgIpc) is 2.29. The van der Waals surface area contributed by atoms with Crippen molar-refractivity contribution in [3.63, 3.8) is 0 Å². The highest BCUT2D eigenvalue weighted by atomic mass is 79.9. The standard InChI is InChI=1S/C12H10Br2N2O/c1-7-9(13)4-5-12(16-7)17-11-6-8(15)2-3-10(11)14/h2-6H,15H2,1H3. The summed E-state index contributed by atoms with van der Waals surface area (Å²) in [7, 11) is 0. The monoisotopic (exact) mass is 356 g/mol. The lowest BCUT2D eigenvalue weighted by molar-refractivity contribution is 0.459. The maximum absolute atomic E-state index is 5.71. The number of hydrogen-bond acceptors (Lipinski definition) is 3. The summed E-state index contributed by atoms with van der Waals surface area (Å²) < 4.78 is 7.46. The molecule has 88 valence electrons. The number of nitrogens with two attached hydrogens (primary N) is 1. The lowest BCUT2D eigenvalue weighted by Gasteiger charge is -2.08. The van der Waals surface area contributed by atoms with Crippen LogP contribution in [0.25, 0.3) is 0 Å². The Kier molecular flexibility index (Phi) is 3.69. The number of benzene rings is 1. The first-order valence-electron chi connectivity index (χ1n) is 4.92. The van der Waals surface area contributed by atoms with Crippen LogP contribution in [0.4, 0.5) is 5.69 Å². The normalized spacial score (nSPS) is 10.3. The van der Waals surface area contributed by atoms with Crippen LogP contribution in [0.2, 0.25) is 0 Å². The molecule has 0 saturated carbocycles. The third-order valence-electron chi connectivity index (χ3n) is 2.17. The van der Waals surface area contributed by atoms with Gasteiger partial charge in [0.15, 0.2) is 0 Å². The molecule has 0 saturated heterocycles. The van der Waals surface area contributed by atoms with Gasteiger partial charge in [-0.3, -0.25) is 0 Å². The van der Waals surface area contributed by atoms with Gasteiger partial charge in [0, 0.05) is 22.3 Å². The molecule has 17 heavy (non-hydrogen) atoms. The first-order valence-corrected chi connectivity index (χ1v) is 6.51. The van der Waals surface area contributed by atoms with Gasteiger partial charge in [-0.2, -0.15) is 0 Å². The molecule has 0 atom stereocenters. The van der Waals surface area contributed by atoms with Crippen molar-refractivity contribution in [2.75, 3.05) is 5.73 Å². The topological polar surface area (TPSA) is 48.1 Å². The first kappa shape index (κ1) is 12.4. The molecular weight excluding hydrogens is 348 g/mol. The number of aryl methyl sites for hydroxylation is 1. The van der Waals surface area contributed by atoms with Crippen molar-refractivity contribution < 1.29 is 4.74 Å². The fourth-order valence-corrected chi connectivity index (χ4v) is 1.84. The Bertz CT molecular complexity index is 558. The van der Waals surface area contributed by atoms with Crippen molar-refractivity contribution in [2.24, 2.45) is 0 Å². The van der Waals surface area contributed by atoms with Crippen LogP contribution in [0.15, 0.2) is 39.3 Å². The highest BCUT2D eigenvalue weighted by molar-refractivity contribution is 9.10. The quantitative estimate of drug-likeness (QED) is 0.815. The molecule has 0 fully saturated rings. The Balaban J connectivity index is 2.31. The van der Waals surface area contributed by atoms with Crippen LogP contribution in [0.5, 0.6) is 11.6 Å². The molecule has 5 heteroatoms. The van der Waals surface area contributed by atoms with E-state index in [1.807, 2.05) is 19.1 Å². The Morgan fingerprint density at radius 2 is 1.82 bits per heavy atom. The summed E-state index contributed by atoms with van der Waals surface area (Å²) in [6.45, 7) is 1.91. The van der Waals surface area contributed by atoms with E-state index >= 15 is 0 Å². The van der Waals surface area contributed by atoms with Crippen molar-refractivity contribution in [1.29, 1.82) is 0 Å². The van der Waals surface area contributed by atoms with Gasteiger partial charge < -0.3 is 10.5 Å². The van der Waals surface area contributed by atoms with Crippen molar-refractivity contribution in [3.8, 4) is 11.6 Å². The highest BCUT2D eigenvalue weighted by Gasteiger charge is 2.05. The molecule has 1 heterocycles. The highest BCUT2D eigenvalue weighted by Crippen LogP contribution is 2.31. The van der Waals surface area contributed by atoms with Crippen molar-refractivity contribution >= 4 is 37.5 Å². The molecule has 1 aromatic carbocycles. The van der Waals surface area contributed by atoms with Gasteiger partial charge in [0.2, 0.25) is 5.88 Å². The van der Waals surface area contributed by atoms with Crippen LogP contribution in [0, 0.1) is 6.92 Å². The van der Waals surface area contributed by atoms with E-state index in [1.165, 1.54) is 0 Å². The maximum atomic E-state index is 5.71. The average molecular weight is 358 g/mol. The van der Waals surface area contributed by atoms with Crippen LogP contribution in [-0.2, 0) is 0 Å². The van der Waals surface area contributed by atoms with Crippen molar-refractivity contribution in [2.45, 2.75) is 6.92 Å². The Morgan fingerprint density at radius 3 is 2.53 bits per heavy atom. The largest absolute Gasteiger partial charge is 0.438 e. The van der Waals surface area contributed by atoms with Gasteiger partial charge in [0.1, 0.15) is 5.75 Å². The number of ether oxygens (including phenoxy) is 1. The first-order chi connectivity index (χ1) is 8.06. The van der Waals surface area contributed by atoms with E-state index in [2.05, 4.69) is 36.8 Å². The lowest BCUT2D eigenvalue weighted by atomic mass is 10.3. The van der Waals surface area contributed by atoms with E-state index in [1.54, 1.807) is 18.2 Å². The molecule has 0 unspecified atom stereocenters. The summed E-state index contributed by atoms with van der Waals surface area (Å²) in [6.07, 6.45) is 0. The zero-order valence-corrected chi connectivity index (χ0v) is 12.2. The fraction of sp³-hybridized carbons (Fsp3) is 0.0833. The predicted octanol–water partition coefficient (Wildman–Crippen LogP) is 4.29. The number of anilines is 1. The Hall–Kier alpha value is -1.07. The summed E-state index contributed by atoms with van der Waals surface area (Å²) in [6, 6.07) is 9.10. The summed E-state index contributed by atoms with van der Waals surface area (Å²) in [5.74, 6) is 1.19. The molecule has 0 bridgehead atoms. The lowest BCUT2D eigenvalue weighted by Crippen LogP contribution is -1.93. The van der Waals surface area contributed by atoms with E-state index < -0.39 is 0 Å². The number of hydrogen-bond donors (Lipinski definition) is 1. The number of aromatic nitrogens is 1. The van der Waals surface area contributed by atoms with Crippen LogP contribution in [0.1, 0.15) is 5.69 Å².